The second-order valence-electron chi connectivity index (χ2n) is 7.22. The normalized spacial score (nSPS) is 17.3. The first-order valence-electron chi connectivity index (χ1n) is 9.28. The van der Waals surface area contributed by atoms with Crippen LogP contribution in [0.2, 0.25) is 0 Å². The molecule has 2 aliphatic rings. The lowest BCUT2D eigenvalue weighted by Gasteiger charge is -2.21. The lowest BCUT2D eigenvalue weighted by molar-refractivity contribution is 0.478. The van der Waals surface area contributed by atoms with E-state index in [0.717, 1.165) is 12.8 Å². The third kappa shape index (κ3) is 2.94. The fraction of sp³-hybridized carbons (Fsp3) is 0.200. The lowest BCUT2D eigenvalue weighted by Crippen LogP contribution is -2.37. The van der Waals surface area contributed by atoms with Crippen molar-refractivity contribution in [3.63, 3.8) is 0 Å². The molecule has 0 bridgehead atoms. The first-order valence-corrected chi connectivity index (χ1v) is 10.7. The predicted octanol–water partition coefficient (Wildman–Crippen LogP) is 2.22. The second-order valence-corrected chi connectivity index (χ2v) is 8.80. The number of nitrogens with zero attached hydrogens (tertiary/aromatic N) is 2. The number of nitrogens with one attached hydrogen (secondary N) is 2. The Morgan fingerprint density at radius 3 is 2.66 bits per heavy atom. The summed E-state index contributed by atoms with van der Waals surface area (Å²) in [5.74, 6) is 0.00476. The summed E-state index contributed by atoms with van der Waals surface area (Å²) >= 11 is 0. The van der Waals surface area contributed by atoms with E-state index < -0.39 is 15.6 Å². The highest BCUT2D eigenvalue weighted by atomic mass is 32.2. The van der Waals surface area contributed by atoms with Crippen LogP contribution in [-0.4, -0.2) is 30.6 Å². The van der Waals surface area contributed by atoms with Gasteiger partial charge in [0.15, 0.2) is 5.84 Å². The zero-order valence-electron chi connectivity index (χ0n) is 15.3. The van der Waals surface area contributed by atoms with Crippen LogP contribution in [0.25, 0.3) is 10.9 Å². The van der Waals surface area contributed by atoms with Gasteiger partial charge in [0, 0.05) is 11.9 Å². The van der Waals surface area contributed by atoms with Crippen LogP contribution in [0.1, 0.15) is 18.4 Å². The number of hydrogen-bond acceptors (Lipinski definition) is 6. The maximum atomic E-state index is 13.3. The van der Waals surface area contributed by atoms with E-state index in [1.54, 1.807) is 42.5 Å². The number of aromatic nitrogens is 1. The van der Waals surface area contributed by atoms with Crippen molar-refractivity contribution < 1.29 is 13.5 Å². The van der Waals surface area contributed by atoms with Crippen LogP contribution in [0.4, 0.5) is 5.69 Å². The molecule has 9 heteroatoms. The third-order valence-electron chi connectivity index (χ3n) is 5.16. The summed E-state index contributed by atoms with van der Waals surface area (Å²) in [6.45, 7) is 0.620. The summed E-state index contributed by atoms with van der Waals surface area (Å²) < 4.78 is 30.4. The zero-order valence-corrected chi connectivity index (χ0v) is 16.1. The number of fused-ring (bicyclic) bond motifs is 2. The van der Waals surface area contributed by atoms with Crippen LogP contribution < -0.4 is 16.3 Å². The van der Waals surface area contributed by atoms with E-state index in [1.807, 2.05) is 0 Å². The minimum Gasteiger partial charge on any atom is -0.506 e. The summed E-state index contributed by atoms with van der Waals surface area (Å²) in [6, 6.07) is 13.2. The number of rotatable bonds is 4. The van der Waals surface area contributed by atoms with Gasteiger partial charge in [-0.3, -0.25) is 4.79 Å². The van der Waals surface area contributed by atoms with Crippen molar-refractivity contribution in [3.8, 4) is 5.75 Å². The van der Waals surface area contributed by atoms with Crippen LogP contribution in [-0.2, 0) is 10.0 Å². The summed E-state index contributed by atoms with van der Waals surface area (Å²) in [5.41, 5.74) is 3.19. The molecule has 29 heavy (non-hydrogen) atoms. The number of sulfonamides is 1. The maximum Gasteiger partial charge on any atom is 0.286 e. The summed E-state index contributed by atoms with van der Waals surface area (Å²) in [6.07, 6.45) is 2.21. The van der Waals surface area contributed by atoms with Gasteiger partial charge in [-0.2, -0.15) is 8.42 Å². The van der Waals surface area contributed by atoms with E-state index >= 15 is 0 Å². The van der Waals surface area contributed by atoms with Crippen LogP contribution in [0.15, 0.2) is 62.6 Å². The zero-order chi connectivity index (χ0) is 20.2. The molecule has 0 atom stereocenters. The van der Waals surface area contributed by atoms with Gasteiger partial charge < -0.3 is 15.8 Å². The molecule has 3 aromatic rings. The molecule has 1 fully saturated rings. The van der Waals surface area contributed by atoms with E-state index in [9.17, 15) is 18.3 Å². The molecular formula is C20H18N4O4S. The van der Waals surface area contributed by atoms with Gasteiger partial charge in [-0.05, 0) is 43.0 Å². The van der Waals surface area contributed by atoms with E-state index in [2.05, 4.69) is 15.1 Å². The van der Waals surface area contributed by atoms with Crippen LogP contribution in [0.5, 0.6) is 5.75 Å². The molecular weight excluding hydrogens is 392 g/mol. The summed E-state index contributed by atoms with van der Waals surface area (Å²) in [4.78, 5) is 13.3. The molecule has 0 unspecified atom stereocenters. The van der Waals surface area contributed by atoms with Crippen molar-refractivity contribution >= 4 is 32.4 Å². The van der Waals surface area contributed by atoms with E-state index in [-0.39, 0.29) is 22.0 Å². The molecule has 3 N–H and O–H groups in total. The number of para-hydroxylation sites is 2. The summed E-state index contributed by atoms with van der Waals surface area (Å²) in [7, 11) is -4.01. The van der Waals surface area contributed by atoms with Gasteiger partial charge in [-0.1, -0.05) is 24.3 Å². The Morgan fingerprint density at radius 2 is 1.86 bits per heavy atom. The molecule has 1 aliphatic heterocycles. The van der Waals surface area contributed by atoms with Gasteiger partial charge in [-0.25, -0.2) is 4.68 Å². The standard InChI is InChI=1S/C20H18N4O4S/c25-18-13-5-1-3-7-15(13)24(21-11-12-9-10-12)20(26)17(18)19-22-14-6-2-4-8-16(14)29(27,28)23-19/h1-8,12,21,25H,9-11H2,(H,22,23). The second kappa shape index (κ2) is 6.35. The number of aromatic hydroxyl groups is 1. The number of amidine groups is 1. The van der Waals surface area contributed by atoms with Gasteiger partial charge in [0.25, 0.3) is 15.6 Å². The van der Waals surface area contributed by atoms with Crippen molar-refractivity contribution in [3.05, 3.63) is 64.4 Å². The van der Waals surface area contributed by atoms with Crippen molar-refractivity contribution in [2.75, 3.05) is 17.3 Å². The quantitative estimate of drug-likeness (QED) is 0.608. The molecule has 0 radical (unpaired) electrons. The van der Waals surface area contributed by atoms with Gasteiger partial charge in [0.05, 0.1) is 11.2 Å². The molecule has 1 aromatic heterocycles. The van der Waals surface area contributed by atoms with E-state index in [1.165, 1.54) is 10.7 Å². The molecule has 0 spiro atoms. The highest BCUT2D eigenvalue weighted by Gasteiger charge is 2.30. The lowest BCUT2D eigenvalue weighted by atomic mass is 10.1. The molecule has 2 heterocycles. The Bertz CT molecular complexity index is 1340. The van der Waals surface area contributed by atoms with Crippen LogP contribution in [0.3, 0.4) is 0 Å². The molecule has 2 aromatic carbocycles. The highest BCUT2D eigenvalue weighted by molar-refractivity contribution is 7.90. The minimum atomic E-state index is -4.01. The fourth-order valence-corrected chi connectivity index (χ4v) is 4.58. The first-order chi connectivity index (χ1) is 14.0. The molecule has 8 nitrogen and oxygen atoms in total. The van der Waals surface area contributed by atoms with E-state index in [4.69, 9.17) is 0 Å². The SMILES string of the molecule is O=c1c(C2=NS(=O)(=O)c3ccccc3N2)c(O)c2ccccc2n1NCC1CC1. The van der Waals surface area contributed by atoms with Crippen molar-refractivity contribution in [2.45, 2.75) is 17.7 Å². The van der Waals surface area contributed by atoms with Gasteiger partial charge in [-0.15, -0.1) is 4.40 Å². The van der Waals surface area contributed by atoms with Crippen molar-refractivity contribution in [2.24, 2.45) is 10.3 Å². The molecule has 5 rings (SSSR count). The smallest absolute Gasteiger partial charge is 0.286 e. The average molecular weight is 410 g/mol. The molecule has 0 saturated heterocycles. The molecule has 1 aliphatic carbocycles. The number of anilines is 1. The molecule has 148 valence electrons. The van der Waals surface area contributed by atoms with Gasteiger partial charge >= 0.3 is 0 Å². The average Bonchev–Trinajstić information content (AvgIpc) is 3.52. The Morgan fingerprint density at radius 1 is 1.14 bits per heavy atom. The van der Waals surface area contributed by atoms with Crippen molar-refractivity contribution in [1.82, 2.24) is 4.68 Å². The third-order valence-corrected chi connectivity index (χ3v) is 6.49. The number of pyridine rings is 1. The molecule has 0 amide bonds. The Hall–Kier alpha value is -3.33. The fourth-order valence-electron chi connectivity index (χ4n) is 3.46. The van der Waals surface area contributed by atoms with E-state index in [0.29, 0.717) is 29.1 Å². The predicted molar refractivity (Wildman–Crippen MR) is 111 cm³/mol. The monoisotopic (exact) mass is 410 g/mol. The Balaban J connectivity index is 1.73. The number of hydrogen-bond donors (Lipinski definition) is 3. The largest absolute Gasteiger partial charge is 0.506 e. The molecule has 1 saturated carbocycles. The van der Waals surface area contributed by atoms with Gasteiger partial charge in [0.2, 0.25) is 0 Å². The topological polar surface area (TPSA) is 113 Å². The minimum absolute atomic E-state index is 0.0243. The maximum absolute atomic E-state index is 13.3. The van der Waals surface area contributed by atoms with Crippen LogP contribution >= 0.6 is 0 Å². The highest BCUT2D eigenvalue weighted by Crippen LogP contribution is 2.32. The van der Waals surface area contributed by atoms with Gasteiger partial charge in [0.1, 0.15) is 16.2 Å². The number of benzene rings is 2. The Kier molecular flexibility index (Phi) is 3.88. The first kappa shape index (κ1) is 17.7. The summed E-state index contributed by atoms with van der Waals surface area (Å²) in [5, 5.41) is 14.2. The Labute approximate surface area is 166 Å². The van der Waals surface area contributed by atoms with Crippen LogP contribution in [0, 0.1) is 5.92 Å². The van der Waals surface area contributed by atoms with Crippen molar-refractivity contribution in [1.29, 1.82) is 0 Å².